The Labute approximate surface area is 185 Å². The predicted octanol–water partition coefficient (Wildman–Crippen LogP) is 4.53. The number of aromatic amines is 1. The van der Waals surface area contributed by atoms with Crippen molar-refractivity contribution in [3.8, 4) is 22.1 Å². The third-order valence-electron chi connectivity index (χ3n) is 4.70. The Morgan fingerprint density at radius 1 is 1.06 bits per heavy atom. The third-order valence-corrected chi connectivity index (χ3v) is 6.51. The largest absolute Gasteiger partial charge is 0.495 e. The molecule has 3 heterocycles. The minimum Gasteiger partial charge on any atom is -0.495 e. The summed E-state index contributed by atoms with van der Waals surface area (Å²) in [6.07, 6.45) is 0. The summed E-state index contributed by atoms with van der Waals surface area (Å²) in [6, 6.07) is 19.1. The van der Waals surface area contributed by atoms with Gasteiger partial charge in [-0.15, -0.1) is 21.5 Å². The molecule has 0 fully saturated rings. The summed E-state index contributed by atoms with van der Waals surface area (Å²) in [5.41, 5.74) is 1.37. The molecule has 0 radical (unpaired) electrons. The normalized spacial score (nSPS) is 11.1. The number of benzene rings is 2. The van der Waals surface area contributed by atoms with E-state index in [-0.39, 0.29) is 5.56 Å². The van der Waals surface area contributed by atoms with Crippen LogP contribution in [-0.4, -0.2) is 31.8 Å². The second-order valence-electron chi connectivity index (χ2n) is 6.61. The van der Waals surface area contributed by atoms with E-state index in [4.69, 9.17) is 4.74 Å². The average Bonchev–Trinajstić information content (AvgIpc) is 3.47. The third kappa shape index (κ3) is 3.73. The van der Waals surface area contributed by atoms with E-state index in [1.165, 1.54) is 11.8 Å². The molecule has 0 aliphatic heterocycles. The Morgan fingerprint density at radius 2 is 1.90 bits per heavy atom. The number of thiophene rings is 1. The van der Waals surface area contributed by atoms with Gasteiger partial charge in [-0.1, -0.05) is 42.1 Å². The lowest BCUT2D eigenvalue weighted by atomic mass is 10.2. The van der Waals surface area contributed by atoms with Gasteiger partial charge in [0.15, 0.2) is 11.0 Å². The van der Waals surface area contributed by atoms with Gasteiger partial charge in [-0.25, -0.2) is 4.98 Å². The van der Waals surface area contributed by atoms with E-state index in [0.29, 0.717) is 27.6 Å². The van der Waals surface area contributed by atoms with Crippen molar-refractivity contribution in [2.75, 3.05) is 7.11 Å². The quantitative estimate of drug-likeness (QED) is 0.385. The summed E-state index contributed by atoms with van der Waals surface area (Å²) >= 11 is 3.05. The molecule has 0 saturated carbocycles. The van der Waals surface area contributed by atoms with Gasteiger partial charge in [0.05, 0.1) is 34.3 Å². The molecular formula is C22H17N5O2S2. The van der Waals surface area contributed by atoms with Gasteiger partial charge in [0.1, 0.15) is 11.6 Å². The molecule has 0 saturated heterocycles. The molecule has 31 heavy (non-hydrogen) atoms. The van der Waals surface area contributed by atoms with Crippen LogP contribution < -0.4 is 10.3 Å². The van der Waals surface area contributed by atoms with E-state index in [2.05, 4.69) is 20.2 Å². The van der Waals surface area contributed by atoms with Gasteiger partial charge in [0.25, 0.3) is 5.56 Å². The monoisotopic (exact) mass is 447 g/mol. The SMILES string of the molecule is COc1ccccc1-n1c(SCc2nc3ccccc3c(=O)[nH]2)nnc1-c1cccs1. The molecule has 154 valence electrons. The first-order chi connectivity index (χ1) is 15.2. The summed E-state index contributed by atoms with van der Waals surface area (Å²) in [5.74, 6) is 2.49. The van der Waals surface area contributed by atoms with E-state index in [1.54, 1.807) is 24.5 Å². The van der Waals surface area contributed by atoms with E-state index in [9.17, 15) is 4.79 Å². The highest BCUT2D eigenvalue weighted by atomic mass is 32.2. The first kappa shape index (κ1) is 19.5. The molecule has 0 spiro atoms. The topological polar surface area (TPSA) is 85.7 Å². The van der Waals surface area contributed by atoms with Crippen LogP contribution in [0.3, 0.4) is 0 Å². The number of ether oxygens (including phenoxy) is 1. The first-order valence-electron chi connectivity index (χ1n) is 9.48. The maximum atomic E-state index is 12.4. The zero-order valence-electron chi connectivity index (χ0n) is 16.5. The molecule has 3 aromatic heterocycles. The van der Waals surface area contributed by atoms with Crippen LogP contribution in [-0.2, 0) is 5.75 Å². The van der Waals surface area contributed by atoms with Crippen LogP contribution in [0.1, 0.15) is 5.82 Å². The predicted molar refractivity (Wildman–Crippen MR) is 123 cm³/mol. The molecule has 0 amide bonds. The standard InChI is InChI=1S/C22H17N5O2S2/c1-29-17-10-5-4-9-16(17)27-20(18-11-6-12-30-18)25-26-22(27)31-13-19-23-15-8-3-2-7-14(15)21(28)24-19/h2-12H,13H2,1H3,(H,23,24,28). The lowest BCUT2D eigenvalue weighted by Crippen LogP contribution is -2.11. The number of para-hydroxylation sites is 3. The number of aromatic nitrogens is 5. The molecule has 2 aromatic carbocycles. The van der Waals surface area contributed by atoms with Gasteiger partial charge in [0, 0.05) is 0 Å². The number of hydrogen-bond donors (Lipinski definition) is 1. The lowest BCUT2D eigenvalue weighted by molar-refractivity contribution is 0.412. The van der Waals surface area contributed by atoms with Crippen LogP contribution in [0, 0.1) is 0 Å². The van der Waals surface area contributed by atoms with Gasteiger partial charge in [0.2, 0.25) is 0 Å². The number of fused-ring (bicyclic) bond motifs is 1. The molecular weight excluding hydrogens is 430 g/mol. The summed E-state index contributed by atoms with van der Waals surface area (Å²) in [7, 11) is 1.64. The van der Waals surface area contributed by atoms with Gasteiger partial charge in [-0.05, 0) is 35.7 Å². The first-order valence-corrected chi connectivity index (χ1v) is 11.3. The fourth-order valence-electron chi connectivity index (χ4n) is 3.30. The highest BCUT2D eigenvalue weighted by Crippen LogP contribution is 2.34. The molecule has 9 heteroatoms. The van der Waals surface area contributed by atoms with Crippen molar-refractivity contribution >= 4 is 34.0 Å². The van der Waals surface area contributed by atoms with E-state index >= 15 is 0 Å². The van der Waals surface area contributed by atoms with Crippen LogP contribution in [0.5, 0.6) is 5.75 Å². The van der Waals surface area contributed by atoms with Crippen molar-refractivity contribution < 1.29 is 4.74 Å². The number of hydrogen-bond acceptors (Lipinski definition) is 7. The van der Waals surface area contributed by atoms with Crippen molar-refractivity contribution in [3.05, 3.63) is 82.2 Å². The average molecular weight is 448 g/mol. The number of rotatable bonds is 6. The lowest BCUT2D eigenvalue weighted by Gasteiger charge is -2.13. The fraction of sp³-hybridized carbons (Fsp3) is 0.0909. The smallest absolute Gasteiger partial charge is 0.258 e. The number of nitrogens with one attached hydrogen (secondary N) is 1. The molecule has 0 aliphatic carbocycles. The van der Waals surface area contributed by atoms with Crippen molar-refractivity contribution in [1.82, 2.24) is 24.7 Å². The second-order valence-corrected chi connectivity index (χ2v) is 8.50. The Balaban J connectivity index is 1.55. The molecule has 0 atom stereocenters. The number of thioether (sulfide) groups is 1. The summed E-state index contributed by atoms with van der Waals surface area (Å²) in [5, 5.41) is 12.1. The molecule has 0 unspecified atom stereocenters. The highest BCUT2D eigenvalue weighted by Gasteiger charge is 2.20. The van der Waals surface area contributed by atoms with E-state index in [1.807, 2.05) is 64.5 Å². The van der Waals surface area contributed by atoms with Crippen molar-refractivity contribution in [2.45, 2.75) is 10.9 Å². The molecule has 5 aromatic rings. The van der Waals surface area contributed by atoms with Crippen LogP contribution in [0.25, 0.3) is 27.3 Å². The molecule has 1 N–H and O–H groups in total. The summed E-state index contributed by atoms with van der Waals surface area (Å²) < 4.78 is 7.56. The minimum absolute atomic E-state index is 0.147. The van der Waals surface area contributed by atoms with E-state index in [0.717, 1.165) is 22.1 Å². The van der Waals surface area contributed by atoms with Crippen LogP contribution in [0.4, 0.5) is 0 Å². The fourth-order valence-corrected chi connectivity index (χ4v) is 4.81. The minimum atomic E-state index is -0.147. The van der Waals surface area contributed by atoms with Gasteiger partial charge >= 0.3 is 0 Å². The van der Waals surface area contributed by atoms with Gasteiger partial charge < -0.3 is 9.72 Å². The Kier molecular flexibility index (Phi) is 5.27. The number of nitrogens with zero attached hydrogens (tertiary/aromatic N) is 4. The van der Waals surface area contributed by atoms with Crippen molar-refractivity contribution in [3.63, 3.8) is 0 Å². The summed E-state index contributed by atoms with van der Waals surface area (Å²) in [6.45, 7) is 0. The van der Waals surface area contributed by atoms with Crippen molar-refractivity contribution in [1.29, 1.82) is 0 Å². The Hall–Kier alpha value is -3.43. The molecule has 0 bridgehead atoms. The van der Waals surface area contributed by atoms with E-state index < -0.39 is 0 Å². The zero-order chi connectivity index (χ0) is 21.2. The maximum absolute atomic E-state index is 12.4. The van der Waals surface area contributed by atoms with Crippen LogP contribution in [0.2, 0.25) is 0 Å². The maximum Gasteiger partial charge on any atom is 0.258 e. The zero-order valence-corrected chi connectivity index (χ0v) is 18.1. The Morgan fingerprint density at radius 3 is 2.74 bits per heavy atom. The van der Waals surface area contributed by atoms with Crippen molar-refractivity contribution in [2.24, 2.45) is 0 Å². The molecule has 7 nitrogen and oxygen atoms in total. The molecule has 5 rings (SSSR count). The molecule has 0 aliphatic rings. The summed E-state index contributed by atoms with van der Waals surface area (Å²) in [4.78, 5) is 20.8. The van der Waals surface area contributed by atoms with Crippen LogP contribution in [0.15, 0.2) is 76.0 Å². The second kappa shape index (κ2) is 8.37. The van der Waals surface area contributed by atoms with Gasteiger partial charge in [-0.3, -0.25) is 9.36 Å². The number of methoxy groups -OCH3 is 1. The highest BCUT2D eigenvalue weighted by molar-refractivity contribution is 7.98. The van der Waals surface area contributed by atoms with Gasteiger partial charge in [-0.2, -0.15) is 0 Å². The number of H-pyrrole nitrogens is 1. The van der Waals surface area contributed by atoms with Crippen LogP contribution >= 0.6 is 23.1 Å². The Bertz CT molecular complexity index is 1410.